The molecule has 1 heterocycles. The average molecular weight is 335 g/mol. The summed E-state index contributed by atoms with van der Waals surface area (Å²) in [6, 6.07) is 5.70. The molecule has 5 heteroatoms. The van der Waals surface area contributed by atoms with E-state index in [0.717, 1.165) is 14.7 Å². The van der Waals surface area contributed by atoms with Gasteiger partial charge in [-0.15, -0.1) is 0 Å². The van der Waals surface area contributed by atoms with Crippen molar-refractivity contribution in [1.82, 2.24) is 4.98 Å². The topological polar surface area (TPSA) is 22.1 Å². The van der Waals surface area contributed by atoms with Crippen molar-refractivity contribution >= 4 is 43.2 Å². The third kappa shape index (κ3) is 2.34. The minimum absolute atomic E-state index is 0.652. The van der Waals surface area contributed by atoms with E-state index in [-0.39, 0.29) is 0 Å². The molecule has 0 bridgehead atoms. The molecule has 0 amide bonds. The molecule has 0 N–H and O–H groups in total. The van der Waals surface area contributed by atoms with Gasteiger partial charge in [-0.1, -0.05) is 11.3 Å². The second-order valence-corrected chi connectivity index (χ2v) is 5.04. The largest absolute Gasteiger partial charge is 0.431 e. The van der Waals surface area contributed by atoms with Gasteiger partial charge in [0, 0.05) is 20.5 Å². The Morgan fingerprint density at radius 2 is 2.07 bits per heavy atom. The molecule has 2 nitrogen and oxygen atoms in total. The first kappa shape index (κ1) is 10.1. The normalized spacial score (nSPS) is 10.1. The smallest absolute Gasteiger partial charge is 0.278 e. The number of benzene rings is 1. The lowest BCUT2D eigenvalue weighted by Gasteiger charge is -2.02. The lowest BCUT2D eigenvalue weighted by molar-refractivity contribution is 0.478. The van der Waals surface area contributed by atoms with Crippen LogP contribution in [0.25, 0.3) is 0 Å². The van der Waals surface area contributed by atoms with Crippen molar-refractivity contribution < 1.29 is 4.74 Å². The van der Waals surface area contributed by atoms with Crippen molar-refractivity contribution in [2.24, 2.45) is 0 Å². The Kier molecular flexibility index (Phi) is 3.20. The summed E-state index contributed by atoms with van der Waals surface area (Å²) in [5, 5.41) is 2.53. The molecular formula is C9H5Br2NOS. The molecule has 72 valence electrons. The standard InChI is InChI=1S/C9H5Br2NOS/c10-7-2-1-6(5-8(7)11)13-9-12-3-4-14-9/h1-5H. The van der Waals surface area contributed by atoms with Crippen molar-refractivity contribution in [2.45, 2.75) is 0 Å². The lowest BCUT2D eigenvalue weighted by atomic mass is 10.3. The fourth-order valence-corrected chi connectivity index (χ4v) is 2.01. The number of rotatable bonds is 2. The van der Waals surface area contributed by atoms with Gasteiger partial charge in [0.15, 0.2) is 0 Å². The molecule has 0 aliphatic heterocycles. The number of hydrogen-bond donors (Lipinski definition) is 0. The first-order valence-corrected chi connectivity index (χ1v) is 6.24. The second-order valence-electron chi connectivity index (χ2n) is 2.48. The van der Waals surface area contributed by atoms with Crippen LogP contribution in [-0.4, -0.2) is 4.98 Å². The Morgan fingerprint density at radius 3 is 2.71 bits per heavy atom. The summed E-state index contributed by atoms with van der Waals surface area (Å²) in [7, 11) is 0. The van der Waals surface area contributed by atoms with Crippen LogP contribution in [0.4, 0.5) is 0 Å². The highest BCUT2D eigenvalue weighted by Crippen LogP contribution is 2.30. The minimum Gasteiger partial charge on any atom is -0.431 e. The van der Waals surface area contributed by atoms with Crippen LogP contribution in [0.2, 0.25) is 0 Å². The summed E-state index contributed by atoms with van der Waals surface area (Å²) in [5.74, 6) is 0.773. The molecule has 1 aromatic carbocycles. The zero-order valence-corrected chi connectivity index (χ0v) is 10.9. The molecule has 1 aromatic heterocycles. The molecule has 0 aliphatic rings. The maximum absolute atomic E-state index is 5.51. The number of ether oxygens (including phenoxy) is 1. The fraction of sp³-hybridized carbons (Fsp3) is 0. The minimum atomic E-state index is 0.652. The Labute approximate surface area is 102 Å². The van der Waals surface area contributed by atoms with Crippen molar-refractivity contribution in [1.29, 1.82) is 0 Å². The van der Waals surface area contributed by atoms with Crippen LogP contribution in [-0.2, 0) is 0 Å². The molecule has 2 aromatic rings. The van der Waals surface area contributed by atoms with Gasteiger partial charge >= 0.3 is 0 Å². The average Bonchev–Trinajstić information content (AvgIpc) is 2.64. The number of thiazole rings is 1. The first-order chi connectivity index (χ1) is 6.75. The summed E-state index contributed by atoms with van der Waals surface area (Å²) >= 11 is 8.27. The maximum atomic E-state index is 5.51. The number of halogens is 2. The highest BCUT2D eigenvalue weighted by Gasteiger charge is 2.02. The molecule has 14 heavy (non-hydrogen) atoms. The highest BCUT2D eigenvalue weighted by molar-refractivity contribution is 9.13. The van der Waals surface area contributed by atoms with E-state index >= 15 is 0 Å². The fourth-order valence-electron chi connectivity index (χ4n) is 0.902. The third-order valence-corrected chi connectivity index (χ3v) is 4.03. The van der Waals surface area contributed by atoms with E-state index in [1.165, 1.54) is 11.3 Å². The van der Waals surface area contributed by atoms with Crippen LogP contribution >= 0.6 is 43.2 Å². The second kappa shape index (κ2) is 4.42. The van der Waals surface area contributed by atoms with E-state index in [4.69, 9.17) is 4.74 Å². The van der Waals surface area contributed by atoms with Crippen LogP contribution in [0.5, 0.6) is 10.9 Å². The SMILES string of the molecule is Brc1ccc(Oc2nccs2)cc1Br. The Morgan fingerprint density at radius 1 is 1.21 bits per heavy atom. The molecule has 0 saturated heterocycles. The van der Waals surface area contributed by atoms with E-state index in [1.807, 2.05) is 23.6 Å². The molecule has 0 radical (unpaired) electrons. The molecule has 0 fully saturated rings. The lowest BCUT2D eigenvalue weighted by Crippen LogP contribution is -1.82. The quantitative estimate of drug-likeness (QED) is 0.808. The van der Waals surface area contributed by atoms with Gasteiger partial charge in [-0.3, -0.25) is 0 Å². The van der Waals surface area contributed by atoms with Gasteiger partial charge in [0.1, 0.15) is 5.75 Å². The van der Waals surface area contributed by atoms with Crippen molar-refractivity contribution in [2.75, 3.05) is 0 Å². The first-order valence-electron chi connectivity index (χ1n) is 3.78. The Bertz CT molecular complexity index is 430. The molecular weight excluding hydrogens is 330 g/mol. The van der Waals surface area contributed by atoms with Gasteiger partial charge in [-0.05, 0) is 50.1 Å². The van der Waals surface area contributed by atoms with E-state index in [1.54, 1.807) is 6.20 Å². The molecule has 0 spiro atoms. The predicted octanol–water partition coefficient (Wildman–Crippen LogP) is 4.46. The van der Waals surface area contributed by atoms with Crippen LogP contribution in [0, 0.1) is 0 Å². The van der Waals surface area contributed by atoms with Gasteiger partial charge in [0.05, 0.1) is 0 Å². The number of hydrogen-bond acceptors (Lipinski definition) is 3. The number of nitrogens with zero attached hydrogens (tertiary/aromatic N) is 1. The van der Waals surface area contributed by atoms with Gasteiger partial charge in [0.25, 0.3) is 5.19 Å². The van der Waals surface area contributed by atoms with Crippen LogP contribution in [0.15, 0.2) is 38.7 Å². The Balaban J connectivity index is 2.22. The number of aromatic nitrogens is 1. The van der Waals surface area contributed by atoms with Gasteiger partial charge in [0.2, 0.25) is 0 Å². The summed E-state index contributed by atoms with van der Waals surface area (Å²) < 4.78 is 7.48. The zero-order chi connectivity index (χ0) is 9.97. The predicted molar refractivity (Wildman–Crippen MR) is 64.0 cm³/mol. The van der Waals surface area contributed by atoms with Crippen molar-refractivity contribution in [3.8, 4) is 10.9 Å². The van der Waals surface area contributed by atoms with Crippen LogP contribution in [0.3, 0.4) is 0 Å². The summed E-state index contributed by atoms with van der Waals surface area (Å²) in [6.45, 7) is 0. The van der Waals surface area contributed by atoms with Gasteiger partial charge in [-0.25, -0.2) is 4.98 Å². The zero-order valence-electron chi connectivity index (χ0n) is 6.91. The van der Waals surface area contributed by atoms with Crippen LogP contribution < -0.4 is 4.74 Å². The monoisotopic (exact) mass is 333 g/mol. The molecule has 2 rings (SSSR count). The van der Waals surface area contributed by atoms with E-state index in [2.05, 4.69) is 36.8 Å². The maximum Gasteiger partial charge on any atom is 0.278 e. The molecule has 0 atom stereocenters. The van der Waals surface area contributed by atoms with Crippen molar-refractivity contribution in [3.05, 3.63) is 38.7 Å². The molecule has 0 unspecified atom stereocenters. The van der Waals surface area contributed by atoms with E-state index in [9.17, 15) is 0 Å². The van der Waals surface area contributed by atoms with E-state index < -0.39 is 0 Å². The molecule has 0 saturated carbocycles. The third-order valence-electron chi connectivity index (χ3n) is 1.51. The summed E-state index contributed by atoms with van der Waals surface area (Å²) in [4.78, 5) is 4.03. The van der Waals surface area contributed by atoms with Gasteiger partial charge in [-0.2, -0.15) is 0 Å². The summed E-state index contributed by atoms with van der Waals surface area (Å²) in [5.41, 5.74) is 0. The van der Waals surface area contributed by atoms with Crippen molar-refractivity contribution in [3.63, 3.8) is 0 Å². The van der Waals surface area contributed by atoms with Crippen LogP contribution in [0.1, 0.15) is 0 Å². The Hall–Kier alpha value is -0.390. The van der Waals surface area contributed by atoms with Gasteiger partial charge < -0.3 is 4.74 Å². The molecule has 0 aliphatic carbocycles. The highest BCUT2D eigenvalue weighted by atomic mass is 79.9. The van der Waals surface area contributed by atoms with E-state index in [0.29, 0.717) is 5.19 Å². The summed E-state index contributed by atoms with van der Waals surface area (Å²) in [6.07, 6.45) is 1.72.